The second-order valence-electron chi connectivity index (χ2n) is 10.2. The summed E-state index contributed by atoms with van der Waals surface area (Å²) in [6.07, 6.45) is 0. The third-order valence-electron chi connectivity index (χ3n) is 8.14. The van der Waals surface area contributed by atoms with E-state index in [0.717, 1.165) is 27.3 Å². The molecule has 6 rings (SSSR count). The van der Waals surface area contributed by atoms with Crippen molar-refractivity contribution in [3.05, 3.63) is 136 Å². The highest BCUT2D eigenvalue weighted by molar-refractivity contribution is 6.30. The minimum Gasteiger partial charge on any atom is -0.320 e. The number of likely N-dealkylation sites (N-methyl/N-ethyl adjacent to an activating group) is 1. The lowest BCUT2D eigenvalue weighted by Gasteiger charge is -2.33. The van der Waals surface area contributed by atoms with Crippen LogP contribution in [-0.2, 0) is 16.9 Å². The number of likely N-dealkylation sites (tertiary alicyclic amines) is 1. The zero-order chi connectivity index (χ0) is 26.4. The zero-order valence-corrected chi connectivity index (χ0v) is 21.7. The number of hydrogen-bond donors (Lipinski definition) is 1. The Morgan fingerprint density at radius 1 is 0.974 bits per heavy atom. The number of fused-ring (bicyclic) bond motifs is 2. The number of nitrogens with zero attached hydrogens (tertiary/aromatic N) is 1. The topological polar surface area (TPSA) is 41.8 Å². The molecule has 1 saturated heterocycles. The molecule has 4 nitrogen and oxygen atoms in total. The Morgan fingerprint density at radius 2 is 1.68 bits per heavy atom. The zero-order valence-electron chi connectivity index (χ0n) is 20.9. The molecule has 1 amide bonds. The first-order chi connectivity index (χ1) is 18.4. The molecule has 4 atom stereocenters. The van der Waals surface area contributed by atoms with E-state index in [1.54, 1.807) is 29.2 Å². The molecule has 1 N–H and O–H groups in total. The van der Waals surface area contributed by atoms with Gasteiger partial charge < -0.3 is 9.80 Å². The minimum atomic E-state index is -1.12. The number of ketones is 1. The highest BCUT2D eigenvalue weighted by Gasteiger charge is 2.69. The van der Waals surface area contributed by atoms with Gasteiger partial charge in [0.2, 0.25) is 5.54 Å². The van der Waals surface area contributed by atoms with E-state index in [4.69, 9.17) is 11.6 Å². The standard InChI is InChI=1S/C32H26ClFN2O2/c1-35-20-26(22-14-16-25(34)17-15-22)29(30(37)23-9-3-2-4-10-23)32(35)27-12-5-6-13-28(27)36(31(32)38)19-21-8-7-11-24(33)18-21/h2-18,26,29H,19-20H2,1H3/p+1. The van der Waals surface area contributed by atoms with Gasteiger partial charge in [0, 0.05) is 16.1 Å². The van der Waals surface area contributed by atoms with Crippen molar-refractivity contribution in [3.8, 4) is 0 Å². The average Bonchev–Trinajstić information content (AvgIpc) is 3.37. The van der Waals surface area contributed by atoms with Gasteiger partial charge in [0.05, 0.1) is 31.7 Å². The summed E-state index contributed by atoms with van der Waals surface area (Å²) in [5, 5.41) is 0.606. The van der Waals surface area contributed by atoms with Crippen molar-refractivity contribution in [1.82, 2.24) is 0 Å². The van der Waals surface area contributed by atoms with Crippen LogP contribution in [0.2, 0.25) is 5.02 Å². The van der Waals surface area contributed by atoms with Crippen LogP contribution < -0.4 is 9.80 Å². The van der Waals surface area contributed by atoms with Crippen LogP contribution >= 0.6 is 11.6 Å². The van der Waals surface area contributed by atoms with Crippen LogP contribution in [0.3, 0.4) is 0 Å². The van der Waals surface area contributed by atoms with Crippen LogP contribution in [0.4, 0.5) is 10.1 Å². The fraction of sp³-hybridized carbons (Fsp3) is 0.188. The van der Waals surface area contributed by atoms with Crippen molar-refractivity contribution in [3.63, 3.8) is 0 Å². The Morgan fingerprint density at radius 3 is 2.42 bits per heavy atom. The lowest BCUT2D eigenvalue weighted by Crippen LogP contribution is -3.16. The Bertz CT molecular complexity index is 1520. The Labute approximate surface area is 226 Å². The fourth-order valence-corrected chi connectivity index (χ4v) is 6.74. The van der Waals surface area contributed by atoms with E-state index in [-0.39, 0.29) is 23.4 Å². The van der Waals surface area contributed by atoms with Crippen molar-refractivity contribution in [2.24, 2.45) is 5.92 Å². The summed E-state index contributed by atoms with van der Waals surface area (Å²) in [5.74, 6) is -1.46. The van der Waals surface area contributed by atoms with Gasteiger partial charge in [0.15, 0.2) is 5.78 Å². The maximum Gasteiger partial charge on any atom is 0.294 e. The Hall–Kier alpha value is -3.80. The molecule has 2 aliphatic rings. The average molecular weight is 526 g/mol. The fourth-order valence-electron chi connectivity index (χ4n) is 6.53. The molecule has 38 heavy (non-hydrogen) atoms. The predicted molar refractivity (Wildman–Crippen MR) is 146 cm³/mol. The number of hydrogen-bond acceptors (Lipinski definition) is 2. The molecule has 2 aliphatic heterocycles. The van der Waals surface area contributed by atoms with E-state index >= 15 is 0 Å². The summed E-state index contributed by atoms with van der Waals surface area (Å²) in [7, 11) is 1.99. The number of halogens is 2. The third-order valence-corrected chi connectivity index (χ3v) is 8.37. The van der Waals surface area contributed by atoms with E-state index in [9.17, 15) is 14.0 Å². The molecule has 4 aromatic carbocycles. The van der Waals surface area contributed by atoms with E-state index in [2.05, 4.69) is 0 Å². The summed E-state index contributed by atoms with van der Waals surface area (Å²) in [4.78, 5) is 31.9. The van der Waals surface area contributed by atoms with E-state index < -0.39 is 11.5 Å². The molecular weight excluding hydrogens is 499 g/mol. The molecule has 0 bridgehead atoms. The van der Waals surface area contributed by atoms with Crippen LogP contribution in [0.25, 0.3) is 0 Å². The Balaban J connectivity index is 1.54. The summed E-state index contributed by atoms with van der Waals surface area (Å²) in [6.45, 7) is 0.902. The van der Waals surface area contributed by atoms with Crippen LogP contribution in [0.5, 0.6) is 0 Å². The summed E-state index contributed by atoms with van der Waals surface area (Å²) in [5.41, 5.74) is 2.87. The number of benzene rings is 4. The maximum atomic E-state index is 14.7. The first-order valence-electron chi connectivity index (χ1n) is 12.7. The molecule has 190 valence electrons. The second kappa shape index (κ2) is 9.50. The van der Waals surface area contributed by atoms with Gasteiger partial charge in [0.1, 0.15) is 11.7 Å². The Kier molecular flexibility index (Phi) is 6.13. The van der Waals surface area contributed by atoms with Crippen molar-refractivity contribution in [1.29, 1.82) is 0 Å². The van der Waals surface area contributed by atoms with Crippen LogP contribution in [-0.4, -0.2) is 25.3 Å². The highest BCUT2D eigenvalue weighted by atomic mass is 35.5. The van der Waals surface area contributed by atoms with E-state index in [1.165, 1.54) is 12.1 Å². The van der Waals surface area contributed by atoms with Crippen molar-refractivity contribution in [2.45, 2.75) is 18.0 Å². The lowest BCUT2D eigenvalue weighted by atomic mass is 9.70. The molecule has 0 aliphatic carbocycles. The first-order valence-corrected chi connectivity index (χ1v) is 13.1. The van der Waals surface area contributed by atoms with Crippen LogP contribution in [0, 0.1) is 11.7 Å². The third kappa shape index (κ3) is 3.77. The van der Waals surface area contributed by atoms with E-state index in [0.29, 0.717) is 23.7 Å². The van der Waals surface area contributed by atoms with Gasteiger partial charge in [-0.15, -0.1) is 0 Å². The molecule has 6 heteroatoms. The van der Waals surface area contributed by atoms with Crippen molar-refractivity contribution < 1.29 is 18.9 Å². The first kappa shape index (κ1) is 24.5. The quantitative estimate of drug-likeness (QED) is 0.371. The van der Waals surface area contributed by atoms with Gasteiger partial charge in [-0.2, -0.15) is 0 Å². The second-order valence-corrected chi connectivity index (χ2v) is 10.6. The number of carbonyl (C=O) groups excluding carboxylic acids is 2. The molecule has 2 heterocycles. The monoisotopic (exact) mass is 525 g/mol. The number of carbonyl (C=O) groups is 2. The predicted octanol–water partition coefficient (Wildman–Crippen LogP) is 5.03. The molecule has 1 spiro atoms. The molecular formula is C32H27ClFN2O2+. The van der Waals surface area contributed by atoms with Gasteiger partial charge in [-0.1, -0.05) is 84.4 Å². The lowest BCUT2D eigenvalue weighted by molar-refractivity contribution is -0.918. The minimum absolute atomic E-state index is 0.0791. The van der Waals surface area contributed by atoms with Gasteiger partial charge in [0.25, 0.3) is 5.91 Å². The van der Waals surface area contributed by atoms with Gasteiger partial charge in [-0.3, -0.25) is 9.59 Å². The largest absolute Gasteiger partial charge is 0.320 e. The molecule has 1 fully saturated rings. The molecule has 0 radical (unpaired) electrons. The summed E-state index contributed by atoms with van der Waals surface area (Å²) >= 11 is 6.26. The van der Waals surface area contributed by atoms with Gasteiger partial charge in [-0.05, 0) is 41.5 Å². The smallest absolute Gasteiger partial charge is 0.294 e. The number of para-hydroxylation sites is 1. The molecule has 4 aromatic rings. The van der Waals surface area contributed by atoms with Crippen LogP contribution in [0.15, 0.2) is 103 Å². The van der Waals surface area contributed by atoms with Crippen molar-refractivity contribution >= 4 is 29.0 Å². The highest BCUT2D eigenvalue weighted by Crippen LogP contribution is 2.51. The normalized spacial score (nSPS) is 24.1. The van der Waals surface area contributed by atoms with Crippen molar-refractivity contribution in [2.75, 3.05) is 18.5 Å². The number of nitrogens with one attached hydrogen (secondary N) is 1. The van der Waals surface area contributed by atoms with E-state index in [1.807, 2.05) is 73.8 Å². The van der Waals surface area contributed by atoms with Gasteiger partial charge in [-0.25, -0.2) is 4.39 Å². The molecule has 4 unspecified atom stereocenters. The number of quaternary nitrogens is 1. The number of anilines is 1. The number of rotatable bonds is 5. The number of amides is 1. The molecule has 0 aromatic heterocycles. The SMILES string of the molecule is C[NH+]1CC(c2ccc(F)cc2)C(C(=O)c2ccccc2)C12C(=O)N(Cc1cccc(Cl)c1)c1ccccc12. The van der Waals surface area contributed by atoms with Crippen LogP contribution in [0.1, 0.15) is 33.0 Å². The summed E-state index contributed by atoms with van der Waals surface area (Å²) in [6, 6.07) is 30.8. The van der Waals surface area contributed by atoms with Gasteiger partial charge >= 0.3 is 0 Å². The maximum absolute atomic E-state index is 14.7. The number of Topliss-reactive ketones (excluding diaryl/α,β-unsaturated/α-hetero) is 1. The molecule has 0 saturated carbocycles. The summed E-state index contributed by atoms with van der Waals surface area (Å²) < 4.78 is 13.9.